The van der Waals surface area contributed by atoms with E-state index in [0.717, 1.165) is 52.1 Å². The number of fused-ring (bicyclic) bond motifs is 1. The topological polar surface area (TPSA) is 104 Å². The SMILES string of the molecule is COc1ccc(S(=O)(=O)Nc2cccc(C(=O)NCCN3CCN(c4nc5c(C)ccc(Cl)c5s4)CC3)c2)cc1. The van der Waals surface area contributed by atoms with Crippen LogP contribution in [0.2, 0.25) is 5.02 Å². The molecule has 2 N–H and O–H groups in total. The van der Waals surface area contributed by atoms with Crippen LogP contribution in [0.25, 0.3) is 10.2 Å². The number of hydrogen-bond acceptors (Lipinski definition) is 8. The number of thiazole rings is 1. The van der Waals surface area contributed by atoms with Gasteiger partial charge in [-0.05, 0) is 61.0 Å². The summed E-state index contributed by atoms with van der Waals surface area (Å²) >= 11 is 8.01. The molecule has 1 aromatic heterocycles. The van der Waals surface area contributed by atoms with E-state index in [4.69, 9.17) is 21.3 Å². The molecule has 9 nitrogen and oxygen atoms in total. The number of amides is 1. The van der Waals surface area contributed by atoms with E-state index in [1.54, 1.807) is 41.7 Å². The van der Waals surface area contributed by atoms with E-state index in [1.165, 1.54) is 25.3 Å². The standard InChI is InChI=1S/C28H30ClN5O4S2/c1-19-6-11-24(29)26-25(19)31-28(39-26)34-16-14-33(15-17-34)13-12-30-27(35)20-4-3-5-21(18-20)32-40(36,37)23-9-7-22(38-2)8-10-23/h3-11,18,32H,12-17H2,1-2H3,(H,30,35). The van der Waals surface area contributed by atoms with Gasteiger partial charge in [-0.25, -0.2) is 13.4 Å². The first-order valence-electron chi connectivity index (χ1n) is 12.8. The normalized spacial score (nSPS) is 14.3. The zero-order chi connectivity index (χ0) is 28.3. The molecule has 3 aromatic carbocycles. The van der Waals surface area contributed by atoms with Gasteiger partial charge in [0, 0.05) is 50.5 Å². The van der Waals surface area contributed by atoms with E-state index < -0.39 is 10.0 Å². The van der Waals surface area contributed by atoms with Gasteiger partial charge in [0.1, 0.15) is 5.75 Å². The number of piperazine rings is 1. The number of carbonyl (C=O) groups is 1. The van der Waals surface area contributed by atoms with Gasteiger partial charge >= 0.3 is 0 Å². The molecular weight excluding hydrogens is 570 g/mol. The molecule has 0 radical (unpaired) electrons. The molecule has 1 amide bonds. The molecule has 1 saturated heterocycles. The smallest absolute Gasteiger partial charge is 0.261 e. The van der Waals surface area contributed by atoms with Crippen LogP contribution >= 0.6 is 22.9 Å². The van der Waals surface area contributed by atoms with Crippen molar-refractivity contribution in [2.75, 3.05) is 56.0 Å². The molecule has 1 aliphatic heterocycles. The fourth-order valence-electron chi connectivity index (χ4n) is 4.51. The molecule has 0 atom stereocenters. The van der Waals surface area contributed by atoms with Crippen molar-refractivity contribution in [1.29, 1.82) is 0 Å². The second-order valence-corrected chi connectivity index (χ2v) is 12.6. The molecule has 40 heavy (non-hydrogen) atoms. The Morgan fingerprint density at radius 1 is 1.07 bits per heavy atom. The van der Waals surface area contributed by atoms with Crippen molar-refractivity contribution in [3.05, 3.63) is 76.8 Å². The number of nitrogens with one attached hydrogen (secondary N) is 2. The number of halogens is 1. The number of anilines is 2. The highest BCUT2D eigenvalue weighted by Crippen LogP contribution is 2.35. The lowest BCUT2D eigenvalue weighted by Crippen LogP contribution is -2.48. The van der Waals surface area contributed by atoms with Gasteiger partial charge in [-0.2, -0.15) is 0 Å². The Balaban J connectivity index is 1.11. The Bertz CT molecular complexity index is 1580. The first-order chi connectivity index (χ1) is 19.2. The van der Waals surface area contributed by atoms with Crippen molar-refractivity contribution < 1.29 is 17.9 Å². The van der Waals surface area contributed by atoms with E-state index in [1.807, 2.05) is 19.1 Å². The lowest BCUT2D eigenvalue weighted by atomic mass is 10.2. The van der Waals surface area contributed by atoms with Gasteiger partial charge in [0.25, 0.3) is 15.9 Å². The van der Waals surface area contributed by atoms with Crippen molar-refractivity contribution in [2.24, 2.45) is 0 Å². The zero-order valence-electron chi connectivity index (χ0n) is 22.2. The summed E-state index contributed by atoms with van der Waals surface area (Å²) in [7, 11) is -2.29. The van der Waals surface area contributed by atoms with E-state index in [9.17, 15) is 13.2 Å². The largest absolute Gasteiger partial charge is 0.497 e. The molecule has 0 spiro atoms. The van der Waals surface area contributed by atoms with Gasteiger partial charge in [-0.15, -0.1) is 0 Å². The Hall–Kier alpha value is -3.38. The van der Waals surface area contributed by atoms with Crippen LogP contribution in [0.3, 0.4) is 0 Å². The second-order valence-electron chi connectivity index (χ2n) is 9.48. The van der Waals surface area contributed by atoms with Crippen LogP contribution in [0.1, 0.15) is 15.9 Å². The van der Waals surface area contributed by atoms with Gasteiger partial charge in [0.15, 0.2) is 5.13 Å². The Kier molecular flexibility index (Phi) is 8.46. The average molecular weight is 600 g/mol. The Morgan fingerprint density at radius 2 is 1.82 bits per heavy atom. The van der Waals surface area contributed by atoms with Crippen LogP contribution < -0.4 is 19.7 Å². The highest BCUT2D eigenvalue weighted by atomic mass is 35.5. The lowest BCUT2D eigenvalue weighted by Gasteiger charge is -2.34. The fourth-order valence-corrected chi connectivity index (χ4v) is 6.93. The molecule has 5 rings (SSSR count). The number of ether oxygens (including phenoxy) is 1. The molecular formula is C28H30ClN5O4S2. The van der Waals surface area contributed by atoms with E-state index in [0.29, 0.717) is 30.1 Å². The van der Waals surface area contributed by atoms with E-state index >= 15 is 0 Å². The number of hydrogen-bond donors (Lipinski definition) is 2. The molecule has 1 aliphatic rings. The summed E-state index contributed by atoms with van der Waals surface area (Å²) in [5, 5.41) is 4.67. The fraction of sp³-hybridized carbons (Fsp3) is 0.286. The van der Waals surface area contributed by atoms with Gasteiger partial charge in [-0.3, -0.25) is 14.4 Å². The number of methoxy groups -OCH3 is 1. The van der Waals surface area contributed by atoms with Crippen molar-refractivity contribution in [3.8, 4) is 5.75 Å². The predicted octanol–water partition coefficient (Wildman–Crippen LogP) is 4.62. The number of aryl methyl sites for hydroxylation is 1. The lowest BCUT2D eigenvalue weighted by molar-refractivity contribution is 0.0948. The molecule has 210 valence electrons. The minimum atomic E-state index is -3.81. The molecule has 0 saturated carbocycles. The quantitative estimate of drug-likeness (QED) is 0.289. The third kappa shape index (κ3) is 6.33. The summed E-state index contributed by atoms with van der Waals surface area (Å²) in [4.78, 5) is 22.3. The molecule has 1 fully saturated rings. The summed E-state index contributed by atoms with van der Waals surface area (Å²) in [6.07, 6.45) is 0. The summed E-state index contributed by atoms with van der Waals surface area (Å²) < 4.78 is 34.1. The van der Waals surface area contributed by atoms with Gasteiger partial charge in [0.05, 0.1) is 27.2 Å². The molecule has 2 heterocycles. The molecule has 0 unspecified atom stereocenters. The maximum atomic E-state index is 12.8. The molecule has 4 aromatic rings. The third-order valence-corrected chi connectivity index (χ3v) is 9.76. The monoisotopic (exact) mass is 599 g/mol. The molecule has 0 bridgehead atoms. The first kappa shape index (κ1) is 28.2. The van der Waals surface area contributed by atoms with Crippen LogP contribution in [0.4, 0.5) is 10.8 Å². The van der Waals surface area contributed by atoms with Gasteiger partial charge < -0.3 is 15.0 Å². The van der Waals surface area contributed by atoms with Crippen molar-refractivity contribution in [2.45, 2.75) is 11.8 Å². The van der Waals surface area contributed by atoms with Crippen LogP contribution in [0, 0.1) is 6.92 Å². The summed E-state index contributed by atoms with van der Waals surface area (Å²) in [5.41, 5.74) is 2.78. The number of sulfonamides is 1. The number of nitrogens with zero attached hydrogens (tertiary/aromatic N) is 3. The Labute approximate surface area is 242 Å². The van der Waals surface area contributed by atoms with Crippen molar-refractivity contribution in [1.82, 2.24) is 15.2 Å². The second kappa shape index (κ2) is 12.0. The van der Waals surface area contributed by atoms with E-state index in [-0.39, 0.29) is 10.8 Å². The summed E-state index contributed by atoms with van der Waals surface area (Å²) in [6.45, 7) is 6.67. The molecule has 12 heteroatoms. The third-order valence-electron chi connectivity index (χ3n) is 6.79. The van der Waals surface area contributed by atoms with E-state index in [2.05, 4.69) is 19.8 Å². The molecule has 0 aliphatic carbocycles. The minimum absolute atomic E-state index is 0.102. The Morgan fingerprint density at radius 3 is 2.52 bits per heavy atom. The predicted molar refractivity (Wildman–Crippen MR) is 161 cm³/mol. The summed E-state index contributed by atoms with van der Waals surface area (Å²) in [5.74, 6) is 0.305. The van der Waals surface area contributed by atoms with Crippen molar-refractivity contribution >= 4 is 59.9 Å². The first-order valence-corrected chi connectivity index (χ1v) is 15.5. The average Bonchev–Trinajstić information content (AvgIpc) is 3.42. The van der Waals surface area contributed by atoms with Crippen LogP contribution in [-0.4, -0.2) is 70.6 Å². The van der Waals surface area contributed by atoms with Crippen LogP contribution in [0.5, 0.6) is 5.75 Å². The van der Waals surface area contributed by atoms with Gasteiger partial charge in [-0.1, -0.05) is 35.1 Å². The summed E-state index contributed by atoms with van der Waals surface area (Å²) in [6, 6.07) is 16.5. The van der Waals surface area contributed by atoms with Crippen molar-refractivity contribution in [3.63, 3.8) is 0 Å². The van der Waals surface area contributed by atoms with Crippen LogP contribution in [0.15, 0.2) is 65.6 Å². The maximum absolute atomic E-state index is 12.8. The minimum Gasteiger partial charge on any atom is -0.497 e. The number of aromatic nitrogens is 1. The highest BCUT2D eigenvalue weighted by Gasteiger charge is 2.21. The number of carbonyl (C=O) groups excluding carboxylic acids is 1. The maximum Gasteiger partial charge on any atom is 0.261 e. The van der Waals surface area contributed by atoms with Gasteiger partial charge in [0.2, 0.25) is 0 Å². The highest BCUT2D eigenvalue weighted by molar-refractivity contribution is 7.92. The number of rotatable bonds is 9. The number of benzene rings is 3. The van der Waals surface area contributed by atoms with Crippen LogP contribution in [-0.2, 0) is 10.0 Å². The zero-order valence-corrected chi connectivity index (χ0v) is 24.6.